The average molecular weight is 369 g/mol. The fraction of sp³-hybridized carbons (Fsp3) is 0.381. The number of halogens is 1. The summed E-state index contributed by atoms with van der Waals surface area (Å²) in [6.45, 7) is 9.84. The smallest absolute Gasteiger partial charge is 0.399 e. The molecule has 0 spiro atoms. The van der Waals surface area contributed by atoms with E-state index in [1.807, 2.05) is 52.0 Å². The quantitative estimate of drug-likeness (QED) is 0.833. The summed E-state index contributed by atoms with van der Waals surface area (Å²) >= 11 is 0. The van der Waals surface area contributed by atoms with E-state index in [-0.39, 0.29) is 17.6 Å². The molecule has 1 heterocycles. The molecule has 0 radical (unpaired) electrons. The van der Waals surface area contributed by atoms with E-state index in [0.29, 0.717) is 5.69 Å². The minimum Gasteiger partial charge on any atom is -0.399 e. The van der Waals surface area contributed by atoms with Crippen LogP contribution in [0.2, 0.25) is 0 Å². The summed E-state index contributed by atoms with van der Waals surface area (Å²) in [4.78, 5) is 12.5. The van der Waals surface area contributed by atoms with Crippen molar-refractivity contribution >= 4 is 24.2 Å². The first-order valence-electron chi connectivity index (χ1n) is 9.11. The van der Waals surface area contributed by atoms with Gasteiger partial charge in [0, 0.05) is 5.69 Å². The van der Waals surface area contributed by atoms with Gasteiger partial charge in [0.05, 0.1) is 17.1 Å². The van der Waals surface area contributed by atoms with Crippen LogP contribution in [0, 0.1) is 5.82 Å². The Morgan fingerprint density at radius 2 is 1.48 bits per heavy atom. The van der Waals surface area contributed by atoms with Gasteiger partial charge in [-0.3, -0.25) is 4.79 Å². The molecular formula is C21H25BFNO3. The SMILES string of the molecule is CC(C(=O)Nc1ccc(B2OC(C)(C)C(C)(C)O2)cc1)c1ccc(F)cc1. The molecule has 2 aromatic carbocycles. The predicted molar refractivity (Wildman–Crippen MR) is 106 cm³/mol. The number of benzene rings is 2. The normalized spacial score (nSPS) is 19.0. The molecule has 1 unspecified atom stereocenters. The Hall–Kier alpha value is -2.18. The predicted octanol–water partition coefficient (Wildman–Crippen LogP) is 3.87. The largest absolute Gasteiger partial charge is 0.494 e. The zero-order valence-corrected chi connectivity index (χ0v) is 16.4. The topological polar surface area (TPSA) is 47.6 Å². The van der Waals surface area contributed by atoms with E-state index in [0.717, 1.165) is 11.0 Å². The van der Waals surface area contributed by atoms with Crippen molar-refractivity contribution in [2.24, 2.45) is 0 Å². The lowest BCUT2D eigenvalue weighted by molar-refractivity contribution is -0.117. The number of hydrogen-bond acceptors (Lipinski definition) is 3. The van der Waals surface area contributed by atoms with Crippen molar-refractivity contribution in [1.82, 2.24) is 0 Å². The van der Waals surface area contributed by atoms with E-state index in [9.17, 15) is 9.18 Å². The van der Waals surface area contributed by atoms with Gasteiger partial charge in [-0.15, -0.1) is 0 Å². The van der Waals surface area contributed by atoms with Crippen LogP contribution in [0.5, 0.6) is 0 Å². The summed E-state index contributed by atoms with van der Waals surface area (Å²) < 4.78 is 25.1. The number of carbonyl (C=O) groups is 1. The molecule has 0 saturated carbocycles. The van der Waals surface area contributed by atoms with Crippen molar-refractivity contribution in [1.29, 1.82) is 0 Å². The molecule has 1 fully saturated rings. The fourth-order valence-corrected chi connectivity index (χ4v) is 2.86. The van der Waals surface area contributed by atoms with Gasteiger partial charge in [-0.25, -0.2) is 4.39 Å². The fourth-order valence-electron chi connectivity index (χ4n) is 2.86. The molecule has 1 amide bonds. The Kier molecular flexibility index (Phi) is 5.15. The standard InChI is InChI=1S/C21H25BFNO3/c1-14(15-6-10-17(23)11-7-15)19(25)24-18-12-8-16(9-13-18)22-26-20(2,3)21(4,5)27-22/h6-14H,1-5H3,(H,24,25). The molecule has 27 heavy (non-hydrogen) atoms. The number of rotatable bonds is 4. The van der Waals surface area contributed by atoms with Crippen molar-refractivity contribution in [3.8, 4) is 0 Å². The maximum atomic E-state index is 13.0. The molecule has 142 valence electrons. The maximum Gasteiger partial charge on any atom is 0.494 e. The van der Waals surface area contributed by atoms with Gasteiger partial charge in [-0.1, -0.05) is 24.3 Å². The second kappa shape index (κ2) is 7.10. The lowest BCUT2D eigenvalue weighted by atomic mass is 9.79. The summed E-state index contributed by atoms with van der Waals surface area (Å²) in [5, 5.41) is 2.89. The van der Waals surface area contributed by atoms with Crippen LogP contribution in [0.1, 0.15) is 46.1 Å². The van der Waals surface area contributed by atoms with Crippen LogP contribution in [-0.2, 0) is 14.1 Å². The van der Waals surface area contributed by atoms with E-state index in [1.54, 1.807) is 19.1 Å². The highest BCUT2D eigenvalue weighted by Gasteiger charge is 2.51. The summed E-state index contributed by atoms with van der Waals surface area (Å²) in [5.41, 5.74) is 1.57. The Balaban J connectivity index is 1.66. The molecule has 1 aliphatic rings. The number of anilines is 1. The van der Waals surface area contributed by atoms with Crippen molar-refractivity contribution in [2.75, 3.05) is 5.32 Å². The van der Waals surface area contributed by atoms with E-state index in [1.165, 1.54) is 12.1 Å². The van der Waals surface area contributed by atoms with Crippen molar-refractivity contribution in [3.05, 3.63) is 59.9 Å². The maximum absolute atomic E-state index is 13.0. The van der Waals surface area contributed by atoms with E-state index in [4.69, 9.17) is 9.31 Å². The minimum absolute atomic E-state index is 0.148. The summed E-state index contributed by atoms with van der Waals surface area (Å²) in [5.74, 6) is -0.844. The molecule has 0 aromatic heterocycles. The minimum atomic E-state index is -0.433. The van der Waals surface area contributed by atoms with Crippen LogP contribution < -0.4 is 10.8 Å². The second-order valence-corrected chi connectivity index (χ2v) is 7.97. The lowest BCUT2D eigenvalue weighted by Crippen LogP contribution is -2.41. The highest BCUT2D eigenvalue weighted by Crippen LogP contribution is 2.36. The van der Waals surface area contributed by atoms with Crippen molar-refractivity contribution in [2.45, 2.75) is 51.7 Å². The second-order valence-electron chi connectivity index (χ2n) is 7.97. The summed E-state index contributed by atoms with van der Waals surface area (Å²) in [6.07, 6.45) is 0. The van der Waals surface area contributed by atoms with Crippen LogP contribution in [0.25, 0.3) is 0 Å². The van der Waals surface area contributed by atoms with Gasteiger partial charge >= 0.3 is 7.12 Å². The van der Waals surface area contributed by atoms with Gasteiger partial charge in [-0.05, 0) is 69.9 Å². The van der Waals surface area contributed by atoms with Crippen molar-refractivity contribution < 1.29 is 18.5 Å². The molecule has 1 saturated heterocycles. The molecule has 0 aliphatic carbocycles. The van der Waals surface area contributed by atoms with Crippen molar-refractivity contribution in [3.63, 3.8) is 0 Å². The molecular weight excluding hydrogens is 344 g/mol. The third-order valence-electron chi connectivity index (χ3n) is 5.47. The highest BCUT2D eigenvalue weighted by molar-refractivity contribution is 6.62. The Morgan fingerprint density at radius 1 is 0.963 bits per heavy atom. The summed E-state index contributed by atoms with van der Waals surface area (Å²) in [6, 6.07) is 13.4. The summed E-state index contributed by atoms with van der Waals surface area (Å²) in [7, 11) is -0.433. The molecule has 4 nitrogen and oxygen atoms in total. The highest BCUT2D eigenvalue weighted by atomic mass is 19.1. The van der Waals surface area contributed by atoms with Crippen LogP contribution >= 0.6 is 0 Å². The number of hydrogen-bond donors (Lipinski definition) is 1. The third-order valence-corrected chi connectivity index (χ3v) is 5.47. The molecule has 1 atom stereocenters. The monoisotopic (exact) mass is 369 g/mol. The van der Waals surface area contributed by atoms with Gasteiger partial charge in [-0.2, -0.15) is 0 Å². The van der Waals surface area contributed by atoms with Gasteiger partial charge in [0.25, 0.3) is 0 Å². The molecule has 6 heteroatoms. The van der Waals surface area contributed by atoms with E-state index in [2.05, 4.69) is 5.32 Å². The van der Waals surface area contributed by atoms with Crippen LogP contribution in [0.3, 0.4) is 0 Å². The van der Waals surface area contributed by atoms with Crippen LogP contribution in [0.4, 0.5) is 10.1 Å². The van der Waals surface area contributed by atoms with Gasteiger partial charge in [0.2, 0.25) is 5.91 Å². The zero-order valence-electron chi connectivity index (χ0n) is 16.4. The molecule has 1 N–H and O–H groups in total. The molecule has 0 bridgehead atoms. The van der Waals surface area contributed by atoms with E-state index >= 15 is 0 Å². The van der Waals surface area contributed by atoms with E-state index < -0.39 is 18.3 Å². The zero-order chi connectivity index (χ0) is 19.8. The molecule has 3 rings (SSSR count). The first-order chi connectivity index (χ1) is 12.6. The Labute approximate surface area is 160 Å². The van der Waals surface area contributed by atoms with Gasteiger partial charge in [0.1, 0.15) is 5.82 Å². The molecule has 2 aromatic rings. The van der Waals surface area contributed by atoms with Gasteiger partial charge in [0.15, 0.2) is 0 Å². The Bertz CT molecular complexity index is 802. The number of amides is 1. The number of nitrogens with one attached hydrogen (secondary N) is 1. The van der Waals surface area contributed by atoms with Crippen LogP contribution in [0.15, 0.2) is 48.5 Å². The first kappa shape index (κ1) is 19.6. The first-order valence-corrected chi connectivity index (χ1v) is 9.11. The average Bonchev–Trinajstić information content (AvgIpc) is 2.83. The third kappa shape index (κ3) is 4.07. The Morgan fingerprint density at radius 3 is 2.00 bits per heavy atom. The molecule has 1 aliphatic heterocycles. The van der Waals surface area contributed by atoms with Gasteiger partial charge < -0.3 is 14.6 Å². The lowest BCUT2D eigenvalue weighted by Gasteiger charge is -2.32. The van der Waals surface area contributed by atoms with Crippen LogP contribution in [-0.4, -0.2) is 24.2 Å². The number of carbonyl (C=O) groups excluding carboxylic acids is 1.